The molecule has 1 aromatic heterocycles. The number of nitrogens with zero attached hydrogens (tertiary/aromatic N) is 4. The fourth-order valence-electron chi connectivity index (χ4n) is 2.42. The number of sulfonamides is 1. The molecule has 1 aromatic rings. The maximum absolute atomic E-state index is 12.4. The summed E-state index contributed by atoms with van der Waals surface area (Å²) < 4.78 is 27.8. The molecule has 1 N–H and O–H groups in total. The van der Waals surface area contributed by atoms with Crippen molar-refractivity contribution in [1.82, 2.24) is 19.0 Å². The first-order chi connectivity index (χ1) is 10.0. The van der Waals surface area contributed by atoms with Gasteiger partial charge < -0.3 is 10.0 Å². The third kappa shape index (κ3) is 4.26. The fourth-order valence-corrected chi connectivity index (χ4v) is 3.54. The van der Waals surface area contributed by atoms with Gasteiger partial charge in [0.2, 0.25) is 10.0 Å². The molecule has 8 heteroatoms. The lowest BCUT2D eigenvalue weighted by Gasteiger charge is -2.20. The van der Waals surface area contributed by atoms with E-state index in [-0.39, 0.29) is 11.5 Å². The van der Waals surface area contributed by atoms with Crippen LogP contribution in [0.15, 0.2) is 17.3 Å². The molecular weight excluding hydrogens is 292 g/mol. The second-order valence-corrected chi connectivity index (χ2v) is 7.44. The Morgan fingerprint density at radius 1 is 1.33 bits per heavy atom. The number of aromatic nitrogens is 2. The third-order valence-electron chi connectivity index (χ3n) is 3.79. The van der Waals surface area contributed by atoms with E-state index in [0.29, 0.717) is 19.5 Å². The lowest BCUT2D eigenvalue weighted by Crippen LogP contribution is -2.35. The summed E-state index contributed by atoms with van der Waals surface area (Å²) in [5, 5.41) is 12.8. The molecule has 0 aliphatic carbocycles. The number of aliphatic hydroxyl groups excluding tert-OH is 1. The number of aliphatic hydroxyl groups is 1. The first kappa shape index (κ1) is 16.4. The average molecular weight is 316 g/mol. The predicted octanol–water partition coefficient (Wildman–Crippen LogP) is -0.0182. The van der Waals surface area contributed by atoms with Gasteiger partial charge in [0.25, 0.3) is 0 Å². The lowest BCUT2D eigenvalue weighted by atomic mass is 10.4. The normalized spacial score (nSPS) is 16.9. The summed E-state index contributed by atoms with van der Waals surface area (Å²) in [5.41, 5.74) is 0. The van der Waals surface area contributed by atoms with Crippen LogP contribution in [0.1, 0.15) is 19.3 Å². The molecule has 2 rings (SSSR count). The quantitative estimate of drug-likeness (QED) is 0.729. The number of hydrogen-bond donors (Lipinski definition) is 1. The SMILES string of the molecule is CN(CCN1CCCC1)S(=O)(=O)c1cnn(CCCO)c1. The highest BCUT2D eigenvalue weighted by Gasteiger charge is 2.23. The van der Waals surface area contributed by atoms with Gasteiger partial charge in [0.15, 0.2) is 0 Å². The molecule has 0 bridgehead atoms. The van der Waals surface area contributed by atoms with E-state index >= 15 is 0 Å². The van der Waals surface area contributed by atoms with E-state index in [1.165, 1.54) is 29.5 Å². The van der Waals surface area contributed by atoms with Gasteiger partial charge in [-0.05, 0) is 32.4 Å². The summed E-state index contributed by atoms with van der Waals surface area (Å²) in [5.74, 6) is 0. The molecule has 0 spiro atoms. The molecule has 0 amide bonds. The molecule has 1 fully saturated rings. The lowest BCUT2D eigenvalue weighted by molar-refractivity contribution is 0.277. The molecular formula is C13H24N4O3S. The fraction of sp³-hybridized carbons (Fsp3) is 0.769. The summed E-state index contributed by atoms with van der Waals surface area (Å²) in [7, 11) is -1.87. The van der Waals surface area contributed by atoms with Gasteiger partial charge in [-0.25, -0.2) is 8.42 Å². The van der Waals surface area contributed by atoms with Crippen LogP contribution >= 0.6 is 0 Å². The number of rotatable bonds is 8. The average Bonchev–Trinajstić information content (AvgIpc) is 3.13. The topological polar surface area (TPSA) is 78.7 Å². The second-order valence-electron chi connectivity index (χ2n) is 5.39. The van der Waals surface area contributed by atoms with Crippen LogP contribution in [-0.2, 0) is 16.6 Å². The Bertz CT molecular complexity index is 537. The van der Waals surface area contributed by atoms with Crippen molar-refractivity contribution < 1.29 is 13.5 Å². The Kier molecular flexibility index (Phi) is 5.74. The molecule has 1 aliphatic rings. The van der Waals surface area contributed by atoms with Gasteiger partial charge >= 0.3 is 0 Å². The first-order valence-corrected chi connectivity index (χ1v) is 8.80. The first-order valence-electron chi connectivity index (χ1n) is 7.36. The molecule has 1 saturated heterocycles. The van der Waals surface area contributed by atoms with Crippen molar-refractivity contribution in [2.75, 3.05) is 39.8 Å². The molecule has 1 aliphatic heterocycles. The van der Waals surface area contributed by atoms with Crippen molar-refractivity contribution in [2.45, 2.75) is 30.7 Å². The number of likely N-dealkylation sites (tertiary alicyclic amines) is 1. The summed E-state index contributed by atoms with van der Waals surface area (Å²) in [6, 6.07) is 0. The monoisotopic (exact) mass is 316 g/mol. The molecule has 0 saturated carbocycles. The van der Waals surface area contributed by atoms with Crippen LogP contribution in [0, 0.1) is 0 Å². The Morgan fingerprint density at radius 2 is 2.05 bits per heavy atom. The van der Waals surface area contributed by atoms with Crippen LogP contribution in [0.5, 0.6) is 0 Å². The van der Waals surface area contributed by atoms with Crippen molar-refractivity contribution >= 4 is 10.0 Å². The highest BCUT2D eigenvalue weighted by Crippen LogP contribution is 2.14. The van der Waals surface area contributed by atoms with Gasteiger partial charge in [-0.3, -0.25) is 4.68 Å². The Labute approximate surface area is 126 Å². The van der Waals surface area contributed by atoms with E-state index in [9.17, 15) is 8.42 Å². The number of hydrogen-bond acceptors (Lipinski definition) is 5. The van der Waals surface area contributed by atoms with E-state index in [4.69, 9.17) is 5.11 Å². The standard InChI is InChI=1S/C13H24N4O3S/c1-15(8-9-16-5-2-3-6-16)21(19,20)13-11-14-17(12-13)7-4-10-18/h11-12,18H,2-10H2,1H3. The number of aryl methyl sites for hydroxylation is 1. The van der Waals surface area contributed by atoms with Crippen molar-refractivity contribution in [1.29, 1.82) is 0 Å². The van der Waals surface area contributed by atoms with Gasteiger partial charge in [-0.15, -0.1) is 0 Å². The van der Waals surface area contributed by atoms with E-state index in [2.05, 4.69) is 10.00 Å². The second kappa shape index (κ2) is 7.35. The highest BCUT2D eigenvalue weighted by atomic mass is 32.2. The minimum atomic E-state index is -3.47. The smallest absolute Gasteiger partial charge is 0.245 e. The molecule has 7 nitrogen and oxygen atoms in total. The largest absolute Gasteiger partial charge is 0.396 e. The predicted molar refractivity (Wildman–Crippen MR) is 79.4 cm³/mol. The molecule has 2 heterocycles. The summed E-state index contributed by atoms with van der Waals surface area (Å²) >= 11 is 0. The molecule has 0 radical (unpaired) electrons. The Balaban J connectivity index is 1.93. The highest BCUT2D eigenvalue weighted by molar-refractivity contribution is 7.89. The van der Waals surface area contributed by atoms with Crippen LogP contribution in [0.2, 0.25) is 0 Å². The molecule has 120 valence electrons. The van der Waals surface area contributed by atoms with E-state index < -0.39 is 10.0 Å². The van der Waals surface area contributed by atoms with E-state index in [0.717, 1.165) is 19.6 Å². The van der Waals surface area contributed by atoms with Crippen LogP contribution < -0.4 is 0 Å². The van der Waals surface area contributed by atoms with Crippen molar-refractivity contribution in [3.63, 3.8) is 0 Å². The summed E-state index contributed by atoms with van der Waals surface area (Å²) in [6.07, 6.45) is 5.87. The zero-order valence-electron chi connectivity index (χ0n) is 12.5. The van der Waals surface area contributed by atoms with Crippen molar-refractivity contribution in [2.24, 2.45) is 0 Å². The molecule has 21 heavy (non-hydrogen) atoms. The van der Waals surface area contributed by atoms with Crippen molar-refractivity contribution in [3.8, 4) is 0 Å². The van der Waals surface area contributed by atoms with E-state index in [1.54, 1.807) is 11.7 Å². The minimum absolute atomic E-state index is 0.0671. The molecule has 0 atom stereocenters. The Morgan fingerprint density at radius 3 is 2.71 bits per heavy atom. The maximum Gasteiger partial charge on any atom is 0.245 e. The molecule has 0 unspecified atom stereocenters. The van der Waals surface area contributed by atoms with Gasteiger partial charge in [-0.2, -0.15) is 9.40 Å². The van der Waals surface area contributed by atoms with Crippen LogP contribution in [-0.4, -0.2) is 72.3 Å². The van der Waals surface area contributed by atoms with Crippen LogP contribution in [0.25, 0.3) is 0 Å². The Hall–Kier alpha value is -0.960. The van der Waals surface area contributed by atoms with Gasteiger partial charge in [0.1, 0.15) is 4.90 Å². The zero-order chi connectivity index (χ0) is 15.3. The van der Waals surface area contributed by atoms with Gasteiger partial charge in [-0.1, -0.05) is 0 Å². The van der Waals surface area contributed by atoms with Crippen LogP contribution in [0.3, 0.4) is 0 Å². The van der Waals surface area contributed by atoms with Gasteiger partial charge in [0, 0.05) is 39.5 Å². The zero-order valence-corrected chi connectivity index (χ0v) is 13.3. The molecule has 0 aromatic carbocycles. The summed E-state index contributed by atoms with van der Waals surface area (Å²) in [6.45, 7) is 3.97. The summed E-state index contributed by atoms with van der Waals surface area (Å²) in [4.78, 5) is 2.50. The maximum atomic E-state index is 12.4. The number of likely N-dealkylation sites (N-methyl/N-ethyl adjacent to an activating group) is 1. The van der Waals surface area contributed by atoms with E-state index in [1.807, 2.05) is 0 Å². The minimum Gasteiger partial charge on any atom is -0.396 e. The van der Waals surface area contributed by atoms with Crippen LogP contribution in [0.4, 0.5) is 0 Å². The van der Waals surface area contributed by atoms with Crippen molar-refractivity contribution in [3.05, 3.63) is 12.4 Å². The third-order valence-corrected chi connectivity index (χ3v) is 5.60. The van der Waals surface area contributed by atoms with Gasteiger partial charge in [0.05, 0.1) is 6.20 Å².